The molecule has 1 amide bonds. The van der Waals surface area contributed by atoms with Gasteiger partial charge in [0.25, 0.3) is 5.91 Å². The fraction of sp³-hybridized carbons (Fsp3) is 0.227. The summed E-state index contributed by atoms with van der Waals surface area (Å²) in [5, 5.41) is 3.56. The normalized spacial score (nSPS) is 10.7. The Morgan fingerprint density at radius 1 is 1.07 bits per heavy atom. The van der Waals surface area contributed by atoms with Crippen molar-refractivity contribution in [1.29, 1.82) is 0 Å². The summed E-state index contributed by atoms with van der Waals surface area (Å²) < 4.78 is 18.1. The van der Waals surface area contributed by atoms with Crippen molar-refractivity contribution in [2.75, 3.05) is 13.2 Å². The number of carbonyl (C=O) groups is 2. The summed E-state index contributed by atoms with van der Waals surface area (Å²) in [4.78, 5) is 28.9. The third kappa shape index (κ3) is 4.52. The number of rotatable bonds is 6. The quantitative estimate of drug-likeness (QED) is 0.665. The molecule has 0 unspecified atom stereocenters. The second-order valence-corrected chi connectivity index (χ2v) is 6.52. The molecule has 3 rings (SSSR count). The lowest BCUT2D eigenvalue weighted by molar-refractivity contribution is -0.124. The summed E-state index contributed by atoms with van der Waals surface area (Å²) >= 11 is 0. The Labute approximate surface area is 162 Å². The highest BCUT2D eigenvalue weighted by Gasteiger charge is 2.18. The number of nitrogens with zero attached hydrogens (tertiary/aromatic N) is 1. The van der Waals surface area contributed by atoms with Gasteiger partial charge in [0.1, 0.15) is 5.82 Å². The number of hydrogen-bond acceptors (Lipinski definition) is 4. The van der Waals surface area contributed by atoms with Crippen LogP contribution in [-0.4, -0.2) is 30.0 Å². The highest BCUT2D eigenvalue weighted by atomic mass is 19.1. The Hall–Kier alpha value is -3.28. The lowest BCUT2D eigenvalue weighted by Gasteiger charge is -2.12. The number of para-hydroxylation sites is 1. The number of nitrogens with one attached hydrogen (secondary N) is 1. The predicted octanol–water partition coefficient (Wildman–Crippen LogP) is 3.51. The van der Waals surface area contributed by atoms with E-state index in [1.54, 1.807) is 19.1 Å². The van der Waals surface area contributed by atoms with Crippen molar-refractivity contribution in [1.82, 2.24) is 10.3 Å². The van der Waals surface area contributed by atoms with Gasteiger partial charge in [0, 0.05) is 11.9 Å². The van der Waals surface area contributed by atoms with Gasteiger partial charge in [-0.05, 0) is 49.6 Å². The number of carbonyl (C=O) groups excluding carboxylic acids is 2. The van der Waals surface area contributed by atoms with E-state index in [1.165, 1.54) is 12.1 Å². The van der Waals surface area contributed by atoms with E-state index in [0.29, 0.717) is 24.2 Å². The van der Waals surface area contributed by atoms with Gasteiger partial charge in [-0.25, -0.2) is 9.18 Å². The molecule has 3 aromatic rings. The van der Waals surface area contributed by atoms with Crippen molar-refractivity contribution < 1.29 is 18.7 Å². The molecule has 0 bridgehead atoms. The maximum absolute atomic E-state index is 12.9. The monoisotopic (exact) mass is 380 g/mol. The van der Waals surface area contributed by atoms with Crippen molar-refractivity contribution in [3.05, 3.63) is 76.7 Å². The summed E-state index contributed by atoms with van der Waals surface area (Å²) in [6.45, 7) is 3.60. The maximum atomic E-state index is 12.9. The molecule has 0 aliphatic carbocycles. The van der Waals surface area contributed by atoms with Gasteiger partial charge in [0.15, 0.2) is 6.61 Å². The van der Waals surface area contributed by atoms with Crippen molar-refractivity contribution in [2.24, 2.45) is 0 Å². The van der Waals surface area contributed by atoms with Gasteiger partial charge in [-0.3, -0.25) is 9.78 Å². The molecule has 5 nitrogen and oxygen atoms in total. The summed E-state index contributed by atoms with van der Waals surface area (Å²) in [6, 6.07) is 13.6. The number of amides is 1. The second-order valence-electron chi connectivity index (χ2n) is 6.52. The number of hydrogen-bond donors (Lipinski definition) is 1. The number of esters is 1. The number of benzene rings is 2. The topological polar surface area (TPSA) is 68.3 Å². The SMILES string of the molecule is Cc1nc2ccccc2c(C)c1C(=O)OCC(=O)NCCc1ccc(F)cc1. The fourth-order valence-corrected chi connectivity index (χ4v) is 3.08. The number of fused-ring (bicyclic) bond motifs is 1. The van der Waals surface area contributed by atoms with Crippen LogP contribution in [0.15, 0.2) is 48.5 Å². The minimum atomic E-state index is -0.568. The molecule has 0 aliphatic heterocycles. The standard InChI is InChI=1S/C22H21FN2O3/c1-14-18-5-3-4-6-19(18)25-15(2)21(14)22(27)28-13-20(26)24-12-11-16-7-9-17(23)10-8-16/h3-10H,11-13H2,1-2H3,(H,24,26). The number of halogens is 1. The van der Waals surface area contributed by atoms with E-state index >= 15 is 0 Å². The Morgan fingerprint density at radius 2 is 1.79 bits per heavy atom. The first-order valence-corrected chi connectivity index (χ1v) is 9.00. The van der Waals surface area contributed by atoms with E-state index in [9.17, 15) is 14.0 Å². The average molecular weight is 380 g/mol. The fourth-order valence-electron chi connectivity index (χ4n) is 3.08. The first kappa shape index (κ1) is 19.5. The highest BCUT2D eigenvalue weighted by Crippen LogP contribution is 2.23. The number of ether oxygens (including phenoxy) is 1. The smallest absolute Gasteiger partial charge is 0.340 e. The number of pyridine rings is 1. The van der Waals surface area contributed by atoms with Crippen molar-refractivity contribution >= 4 is 22.8 Å². The van der Waals surface area contributed by atoms with E-state index < -0.39 is 5.97 Å². The van der Waals surface area contributed by atoms with E-state index in [-0.39, 0.29) is 18.3 Å². The van der Waals surface area contributed by atoms with Crippen LogP contribution >= 0.6 is 0 Å². The summed E-state index contributed by atoms with van der Waals surface area (Å²) in [5.74, 6) is -1.25. The number of aromatic nitrogens is 1. The molecule has 2 aromatic carbocycles. The molecule has 0 saturated heterocycles. The Bertz CT molecular complexity index is 1020. The van der Waals surface area contributed by atoms with E-state index in [4.69, 9.17) is 4.74 Å². The Morgan fingerprint density at radius 3 is 2.54 bits per heavy atom. The Kier molecular flexibility index (Phi) is 5.99. The molecule has 6 heteroatoms. The maximum Gasteiger partial charge on any atom is 0.340 e. The summed E-state index contributed by atoms with van der Waals surface area (Å²) in [7, 11) is 0. The van der Waals surface area contributed by atoms with Gasteiger partial charge in [0.2, 0.25) is 0 Å². The highest BCUT2D eigenvalue weighted by molar-refractivity contribution is 5.99. The predicted molar refractivity (Wildman–Crippen MR) is 105 cm³/mol. The molecule has 0 fully saturated rings. The summed E-state index contributed by atoms with van der Waals surface area (Å²) in [6.07, 6.45) is 0.562. The van der Waals surface area contributed by atoms with Gasteiger partial charge in [-0.15, -0.1) is 0 Å². The van der Waals surface area contributed by atoms with Crippen LogP contribution in [0.1, 0.15) is 27.2 Å². The molecular weight excluding hydrogens is 359 g/mol. The zero-order chi connectivity index (χ0) is 20.1. The van der Waals surface area contributed by atoms with Crippen molar-refractivity contribution in [3.63, 3.8) is 0 Å². The third-order valence-corrected chi connectivity index (χ3v) is 4.52. The van der Waals surface area contributed by atoms with Gasteiger partial charge < -0.3 is 10.1 Å². The van der Waals surface area contributed by atoms with Crippen molar-refractivity contribution in [3.8, 4) is 0 Å². The molecule has 28 heavy (non-hydrogen) atoms. The number of aryl methyl sites for hydroxylation is 2. The molecule has 1 aromatic heterocycles. The van der Waals surface area contributed by atoms with Crippen LogP contribution in [0.25, 0.3) is 10.9 Å². The van der Waals surface area contributed by atoms with Crippen LogP contribution in [0.2, 0.25) is 0 Å². The molecule has 0 aliphatic rings. The van der Waals surface area contributed by atoms with Crippen LogP contribution in [0.3, 0.4) is 0 Å². The second kappa shape index (κ2) is 8.61. The van der Waals surface area contributed by atoms with Crippen LogP contribution in [0.4, 0.5) is 4.39 Å². The lowest BCUT2D eigenvalue weighted by Crippen LogP contribution is -2.30. The molecular formula is C22H21FN2O3. The van der Waals surface area contributed by atoms with Crippen LogP contribution < -0.4 is 5.32 Å². The zero-order valence-corrected chi connectivity index (χ0v) is 15.8. The molecule has 0 radical (unpaired) electrons. The minimum absolute atomic E-state index is 0.298. The molecule has 0 saturated carbocycles. The van der Waals surface area contributed by atoms with Gasteiger partial charge in [0.05, 0.1) is 16.8 Å². The average Bonchev–Trinajstić information content (AvgIpc) is 2.68. The first-order chi connectivity index (χ1) is 13.5. The third-order valence-electron chi connectivity index (χ3n) is 4.52. The minimum Gasteiger partial charge on any atom is -0.452 e. The largest absolute Gasteiger partial charge is 0.452 e. The molecule has 1 N–H and O–H groups in total. The van der Waals surface area contributed by atoms with Crippen molar-refractivity contribution in [2.45, 2.75) is 20.3 Å². The molecule has 0 atom stereocenters. The van der Waals surface area contributed by atoms with Crippen LogP contribution in [0, 0.1) is 19.7 Å². The molecule has 144 valence electrons. The first-order valence-electron chi connectivity index (χ1n) is 9.00. The van der Waals surface area contributed by atoms with Gasteiger partial charge in [-0.1, -0.05) is 30.3 Å². The summed E-state index contributed by atoms with van der Waals surface area (Å²) in [5.41, 5.74) is 3.46. The lowest BCUT2D eigenvalue weighted by atomic mass is 10.0. The van der Waals surface area contributed by atoms with Crippen LogP contribution in [0.5, 0.6) is 0 Å². The zero-order valence-electron chi connectivity index (χ0n) is 15.8. The van der Waals surface area contributed by atoms with E-state index in [2.05, 4.69) is 10.3 Å². The van der Waals surface area contributed by atoms with E-state index in [0.717, 1.165) is 22.0 Å². The molecule has 0 spiro atoms. The van der Waals surface area contributed by atoms with Crippen LogP contribution in [-0.2, 0) is 16.0 Å². The Balaban J connectivity index is 1.55. The molecule has 1 heterocycles. The van der Waals surface area contributed by atoms with E-state index in [1.807, 2.05) is 31.2 Å². The van der Waals surface area contributed by atoms with Gasteiger partial charge >= 0.3 is 5.97 Å². The van der Waals surface area contributed by atoms with Gasteiger partial charge in [-0.2, -0.15) is 0 Å².